The van der Waals surface area contributed by atoms with Crippen molar-refractivity contribution in [3.8, 4) is 6.07 Å². The fraction of sp³-hybridized carbons (Fsp3) is 0.364. The average molecular weight is 441 g/mol. The van der Waals surface area contributed by atoms with Gasteiger partial charge in [-0.15, -0.1) is 0 Å². The van der Waals surface area contributed by atoms with Crippen LogP contribution in [0.1, 0.15) is 15.9 Å². The van der Waals surface area contributed by atoms with Gasteiger partial charge in [-0.3, -0.25) is 4.79 Å². The standard InChI is InChI=1S/C22H24N4O4S/c23-17-18-1-7-21(8-2-18)31(28,29)26-11-9-25(10-12-26)22(27)19-3-5-20(6-4-19)24-13-15-30-16-14-24/h1-8H,9-16H2. The molecule has 2 saturated heterocycles. The monoisotopic (exact) mass is 440 g/mol. The maximum Gasteiger partial charge on any atom is 0.253 e. The van der Waals surface area contributed by atoms with Gasteiger partial charge in [0, 0.05) is 50.5 Å². The number of anilines is 1. The summed E-state index contributed by atoms with van der Waals surface area (Å²) in [4.78, 5) is 17.0. The molecule has 0 radical (unpaired) electrons. The van der Waals surface area contributed by atoms with Crippen molar-refractivity contribution in [2.24, 2.45) is 0 Å². The molecule has 2 aliphatic heterocycles. The highest BCUT2D eigenvalue weighted by Crippen LogP contribution is 2.21. The van der Waals surface area contributed by atoms with E-state index < -0.39 is 10.0 Å². The maximum atomic E-state index is 12.9. The lowest BCUT2D eigenvalue weighted by Crippen LogP contribution is -2.50. The van der Waals surface area contributed by atoms with Crippen LogP contribution in [0.15, 0.2) is 53.4 Å². The van der Waals surface area contributed by atoms with E-state index >= 15 is 0 Å². The summed E-state index contributed by atoms with van der Waals surface area (Å²) in [6, 6.07) is 15.4. The third kappa shape index (κ3) is 4.56. The normalized spacial score (nSPS) is 17.9. The van der Waals surface area contributed by atoms with E-state index in [1.165, 1.54) is 28.6 Å². The third-order valence-corrected chi connectivity index (χ3v) is 7.55. The Kier molecular flexibility index (Phi) is 6.23. The molecule has 1 amide bonds. The second kappa shape index (κ2) is 9.06. The van der Waals surface area contributed by atoms with Gasteiger partial charge in [-0.2, -0.15) is 9.57 Å². The van der Waals surface area contributed by atoms with Gasteiger partial charge in [-0.1, -0.05) is 0 Å². The van der Waals surface area contributed by atoms with E-state index in [0.717, 1.165) is 18.8 Å². The van der Waals surface area contributed by atoms with Crippen molar-refractivity contribution in [2.45, 2.75) is 4.90 Å². The number of amides is 1. The van der Waals surface area contributed by atoms with Crippen LogP contribution in [0, 0.1) is 11.3 Å². The molecule has 162 valence electrons. The number of carbonyl (C=O) groups is 1. The summed E-state index contributed by atoms with van der Waals surface area (Å²) >= 11 is 0. The minimum absolute atomic E-state index is 0.0936. The van der Waals surface area contributed by atoms with Crippen molar-refractivity contribution in [1.82, 2.24) is 9.21 Å². The number of piperazine rings is 1. The van der Waals surface area contributed by atoms with Crippen molar-refractivity contribution in [3.63, 3.8) is 0 Å². The zero-order chi connectivity index (χ0) is 21.8. The van der Waals surface area contributed by atoms with E-state index in [1.807, 2.05) is 30.3 Å². The summed E-state index contributed by atoms with van der Waals surface area (Å²) in [6.45, 7) is 4.22. The predicted molar refractivity (Wildman–Crippen MR) is 115 cm³/mol. The van der Waals surface area contributed by atoms with Gasteiger partial charge in [-0.25, -0.2) is 8.42 Å². The third-order valence-electron chi connectivity index (χ3n) is 5.64. The van der Waals surface area contributed by atoms with Crippen LogP contribution in [-0.4, -0.2) is 76.0 Å². The minimum Gasteiger partial charge on any atom is -0.378 e. The number of nitrogens with zero attached hydrogens (tertiary/aromatic N) is 4. The first kappa shape index (κ1) is 21.3. The summed E-state index contributed by atoms with van der Waals surface area (Å²) in [5.41, 5.74) is 2.08. The number of ether oxygens (including phenoxy) is 1. The molecule has 2 aromatic carbocycles. The van der Waals surface area contributed by atoms with Gasteiger partial charge in [-0.05, 0) is 48.5 Å². The van der Waals surface area contributed by atoms with Crippen LogP contribution in [0.2, 0.25) is 0 Å². The molecule has 8 nitrogen and oxygen atoms in total. The quantitative estimate of drug-likeness (QED) is 0.716. The lowest BCUT2D eigenvalue weighted by molar-refractivity contribution is 0.0698. The molecule has 2 aromatic rings. The molecule has 0 saturated carbocycles. The number of benzene rings is 2. The molecule has 0 spiro atoms. The van der Waals surface area contributed by atoms with Gasteiger partial charge in [0.05, 0.1) is 29.7 Å². The molecule has 0 aliphatic carbocycles. The lowest BCUT2D eigenvalue weighted by atomic mass is 10.1. The summed E-state index contributed by atoms with van der Waals surface area (Å²) in [6.07, 6.45) is 0. The number of nitriles is 1. The second-order valence-corrected chi connectivity index (χ2v) is 9.42. The Morgan fingerprint density at radius 2 is 1.48 bits per heavy atom. The maximum absolute atomic E-state index is 12.9. The fourth-order valence-electron chi connectivity index (χ4n) is 3.80. The Balaban J connectivity index is 1.37. The van der Waals surface area contributed by atoms with E-state index in [0.29, 0.717) is 37.4 Å². The fourth-order valence-corrected chi connectivity index (χ4v) is 5.22. The summed E-state index contributed by atoms with van der Waals surface area (Å²) in [5, 5.41) is 8.88. The van der Waals surface area contributed by atoms with E-state index in [4.69, 9.17) is 10.00 Å². The molecule has 2 aliphatic rings. The Morgan fingerprint density at radius 3 is 2.06 bits per heavy atom. The number of morpholine rings is 1. The number of hydrogen-bond donors (Lipinski definition) is 0. The summed E-state index contributed by atoms with van der Waals surface area (Å²) < 4.78 is 32.5. The van der Waals surface area contributed by atoms with Gasteiger partial charge in [0.25, 0.3) is 5.91 Å². The largest absolute Gasteiger partial charge is 0.378 e. The lowest BCUT2D eigenvalue weighted by Gasteiger charge is -2.34. The first-order valence-electron chi connectivity index (χ1n) is 10.2. The molecule has 4 rings (SSSR count). The highest BCUT2D eigenvalue weighted by atomic mass is 32.2. The molecule has 2 fully saturated rings. The van der Waals surface area contributed by atoms with E-state index in [9.17, 15) is 13.2 Å². The number of sulfonamides is 1. The molecular formula is C22H24N4O4S. The molecular weight excluding hydrogens is 416 g/mol. The first-order valence-corrected chi connectivity index (χ1v) is 11.7. The van der Waals surface area contributed by atoms with E-state index in [1.54, 1.807) is 4.90 Å². The van der Waals surface area contributed by atoms with Crippen molar-refractivity contribution in [3.05, 3.63) is 59.7 Å². The molecule has 31 heavy (non-hydrogen) atoms. The summed E-state index contributed by atoms with van der Waals surface area (Å²) in [5.74, 6) is -0.0936. The van der Waals surface area contributed by atoms with E-state index in [-0.39, 0.29) is 23.9 Å². The molecule has 2 heterocycles. The molecule has 0 atom stereocenters. The van der Waals surface area contributed by atoms with Crippen molar-refractivity contribution in [1.29, 1.82) is 5.26 Å². The van der Waals surface area contributed by atoms with Crippen LogP contribution >= 0.6 is 0 Å². The second-order valence-electron chi connectivity index (χ2n) is 7.48. The van der Waals surface area contributed by atoms with Gasteiger partial charge < -0.3 is 14.5 Å². The molecule has 0 unspecified atom stereocenters. The zero-order valence-electron chi connectivity index (χ0n) is 17.1. The van der Waals surface area contributed by atoms with Crippen LogP contribution in [0.3, 0.4) is 0 Å². The van der Waals surface area contributed by atoms with Crippen molar-refractivity contribution >= 4 is 21.6 Å². The highest BCUT2D eigenvalue weighted by Gasteiger charge is 2.30. The predicted octanol–water partition coefficient (Wildman–Crippen LogP) is 1.54. The Morgan fingerprint density at radius 1 is 0.871 bits per heavy atom. The van der Waals surface area contributed by atoms with Gasteiger partial charge in [0.15, 0.2) is 0 Å². The Bertz CT molecular complexity index is 1060. The molecule has 0 N–H and O–H groups in total. The topological polar surface area (TPSA) is 93.9 Å². The van der Waals surface area contributed by atoms with Crippen LogP contribution in [0.25, 0.3) is 0 Å². The van der Waals surface area contributed by atoms with Gasteiger partial charge >= 0.3 is 0 Å². The SMILES string of the molecule is N#Cc1ccc(S(=O)(=O)N2CCN(C(=O)c3ccc(N4CCOCC4)cc3)CC2)cc1. The Hall–Kier alpha value is -2.93. The van der Waals surface area contributed by atoms with Crippen LogP contribution in [-0.2, 0) is 14.8 Å². The summed E-state index contributed by atoms with van der Waals surface area (Å²) in [7, 11) is -3.65. The smallest absolute Gasteiger partial charge is 0.253 e. The first-order chi connectivity index (χ1) is 15.0. The molecule has 9 heteroatoms. The zero-order valence-corrected chi connectivity index (χ0v) is 17.9. The number of carbonyl (C=O) groups excluding carboxylic acids is 1. The Labute approximate surface area is 182 Å². The van der Waals surface area contributed by atoms with Gasteiger partial charge in [0.2, 0.25) is 10.0 Å². The van der Waals surface area contributed by atoms with Crippen LogP contribution < -0.4 is 4.90 Å². The van der Waals surface area contributed by atoms with Crippen molar-refractivity contribution < 1.29 is 17.9 Å². The van der Waals surface area contributed by atoms with Crippen LogP contribution in [0.5, 0.6) is 0 Å². The number of rotatable bonds is 4. The minimum atomic E-state index is -3.65. The molecule has 0 bridgehead atoms. The number of hydrogen-bond acceptors (Lipinski definition) is 6. The van der Waals surface area contributed by atoms with Crippen LogP contribution in [0.4, 0.5) is 5.69 Å². The van der Waals surface area contributed by atoms with Gasteiger partial charge in [0.1, 0.15) is 0 Å². The van der Waals surface area contributed by atoms with Crippen molar-refractivity contribution in [2.75, 3.05) is 57.4 Å². The molecule has 0 aromatic heterocycles. The average Bonchev–Trinajstić information content (AvgIpc) is 2.84. The highest BCUT2D eigenvalue weighted by molar-refractivity contribution is 7.89. The van der Waals surface area contributed by atoms with E-state index in [2.05, 4.69) is 4.90 Å².